The van der Waals surface area contributed by atoms with Crippen molar-refractivity contribution in [3.05, 3.63) is 24.2 Å². The van der Waals surface area contributed by atoms with Crippen LogP contribution in [0.2, 0.25) is 0 Å². The Labute approximate surface area is 108 Å². The molecule has 1 N–H and O–H groups in total. The molecule has 0 saturated carbocycles. The van der Waals surface area contributed by atoms with E-state index in [1.165, 1.54) is 0 Å². The second kappa shape index (κ2) is 5.14. The second-order valence-corrected chi connectivity index (χ2v) is 5.68. The van der Waals surface area contributed by atoms with Crippen molar-refractivity contribution in [1.82, 2.24) is 4.90 Å². The number of carboxylic acids is 1. The van der Waals surface area contributed by atoms with Gasteiger partial charge in [-0.1, -0.05) is 0 Å². The van der Waals surface area contributed by atoms with Crippen LogP contribution in [0.25, 0.3) is 0 Å². The van der Waals surface area contributed by atoms with Gasteiger partial charge in [0.15, 0.2) is 0 Å². The van der Waals surface area contributed by atoms with E-state index in [1.807, 2.05) is 26.0 Å². The van der Waals surface area contributed by atoms with Gasteiger partial charge in [0, 0.05) is 6.54 Å². The molecule has 0 radical (unpaired) electrons. The largest absolute Gasteiger partial charge is 0.481 e. The highest BCUT2D eigenvalue weighted by molar-refractivity contribution is 5.74. The monoisotopic (exact) mass is 251 g/mol. The third kappa shape index (κ3) is 2.75. The summed E-state index contributed by atoms with van der Waals surface area (Å²) >= 11 is 0. The van der Waals surface area contributed by atoms with Crippen LogP contribution in [0.3, 0.4) is 0 Å². The van der Waals surface area contributed by atoms with Crippen molar-refractivity contribution in [2.45, 2.75) is 33.2 Å². The van der Waals surface area contributed by atoms with E-state index in [-0.39, 0.29) is 5.92 Å². The highest BCUT2D eigenvalue weighted by Gasteiger charge is 2.39. The van der Waals surface area contributed by atoms with E-state index in [2.05, 4.69) is 4.90 Å². The lowest BCUT2D eigenvalue weighted by atomic mass is 9.74. The molecule has 4 nitrogen and oxygen atoms in total. The Balaban J connectivity index is 1.98. The summed E-state index contributed by atoms with van der Waals surface area (Å²) in [5.41, 5.74) is -0.651. The van der Waals surface area contributed by atoms with Crippen LogP contribution in [0, 0.1) is 11.3 Å². The van der Waals surface area contributed by atoms with Crippen LogP contribution in [0.4, 0.5) is 0 Å². The first-order valence-electron chi connectivity index (χ1n) is 6.48. The van der Waals surface area contributed by atoms with Crippen molar-refractivity contribution in [2.75, 3.05) is 13.1 Å². The second-order valence-electron chi connectivity index (χ2n) is 5.68. The Morgan fingerprint density at radius 2 is 2.39 bits per heavy atom. The van der Waals surface area contributed by atoms with Crippen LogP contribution in [-0.4, -0.2) is 29.1 Å². The highest BCUT2D eigenvalue weighted by atomic mass is 16.4. The minimum absolute atomic E-state index is 0.207. The molecule has 1 aromatic heterocycles. The maximum Gasteiger partial charge on any atom is 0.309 e. The molecule has 2 heterocycles. The zero-order valence-electron chi connectivity index (χ0n) is 11.1. The Morgan fingerprint density at radius 1 is 1.61 bits per heavy atom. The summed E-state index contributed by atoms with van der Waals surface area (Å²) in [5.74, 6) is 0.454. The molecular formula is C14H21NO3. The minimum Gasteiger partial charge on any atom is -0.481 e. The Hall–Kier alpha value is -1.29. The number of nitrogens with zero attached hydrogens (tertiary/aromatic N) is 1. The maximum absolute atomic E-state index is 11.3. The van der Waals surface area contributed by atoms with Crippen molar-refractivity contribution in [3.8, 4) is 0 Å². The van der Waals surface area contributed by atoms with Crippen LogP contribution in [0.1, 0.15) is 32.4 Å². The van der Waals surface area contributed by atoms with Crippen LogP contribution in [0.5, 0.6) is 0 Å². The summed E-state index contributed by atoms with van der Waals surface area (Å²) in [6.07, 6.45) is 3.73. The molecule has 1 fully saturated rings. The summed E-state index contributed by atoms with van der Waals surface area (Å²) in [7, 11) is 0. The molecule has 1 saturated heterocycles. The number of piperidine rings is 1. The van der Waals surface area contributed by atoms with Gasteiger partial charge in [0.1, 0.15) is 5.76 Å². The fourth-order valence-electron chi connectivity index (χ4n) is 2.59. The molecule has 0 bridgehead atoms. The van der Waals surface area contributed by atoms with Crippen molar-refractivity contribution < 1.29 is 14.3 Å². The van der Waals surface area contributed by atoms with Crippen molar-refractivity contribution in [2.24, 2.45) is 11.3 Å². The summed E-state index contributed by atoms with van der Waals surface area (Å²) in [4.78, 5) is 13.6. The van der Waals surface area contributed by atoms with Gasteiger partial charge in [-0.05, 0) is 51.3 Å². The molecule has 0 aliphatic carbocycles. The fraction of sp³-hybridized carbons (Fsp3) is 0.643. The van der Waals surface area contributed by atoms with E-state index < -0.39 is 11.4 Å². The van der Waals surface area contributed by atoms with E-state index in [0.717, 1.165) is 38.2 Å². The number of hydrogen-bond acceptors (Lipinski definition) is 3. The van der Waals surface area contributed by atoms with Crippen molar-refractivity contribution in [1.29, 1.82) is 0 Å². The number of carbonyl (C=O) groups is 1. The zero-order chi connectivity index (χ0) is 13.2. The smallest absolute Gasteiger partial charge is 0.309 e. The molecule has 0 aromatic carbocycles. The average Bonchev–Trinajstić information content (AvgIpc) is 2.82. The molecule has 0 amide bonds. The fourth-order valence-corrected chi connectivity index (χ4v) is 2.59. The first kappa shape index (κ1) is 13.1. The number of likely N-dealkylation sites (tertiary alicyclic amines) is 1. The van der Waals surface area contributed by atoms with E-state index in [4.69, 9.17) is 4.42 Å². The maximum atomic E-state index is 11.3. The molecule has 18 heavy (non-hydrogen) atoms. The zero-order valence-corrected chi connectivity index (χ0v) is 11.1. The van der Waals surface area contributed by atoms with Gasteiger partial charge in [-0.15, -0.1) is 0 Å². The van der Waals surface area contributed by atoms with Crippen LogP contribution in [0.15, 0.2) is 22.8 Å². The first-order valence-corrected chi connectivity index (χ1v) is 6.48. The predicted octanol–water partition coefficient (Wildman–Crippen LogP) is 2.60. The Morgan fingerprint density at radius 3 is 3.00 bits per heavy atom. The van der Waals surface area contributed by atoms with Crippen molar-refractivity contribution in [3.63, 3.8) is 0 Å². The predicted molar refractivity (Wildman–Crippen MR) is 68.1 cm³/mol. The number of hydrogen-bond donors (Lipinski definition) is 1. The van der Waals surface area contributed by atoms with Gasteiger partial charge < -0.3 is 9.52 Å². The molecule has 100 valence electrons. The van der Waals surface area contributed by atoms with Crippen LogP contribution < -0.4 is 0 Å². The number of rotatable bonds is 4. The number of furan rings is 1. The Bertz CT molecular complexity index is 397. The van der Waals surface area contributed by atoms with Crippen molar-refractivity contribution >= 4 is 5.97 Å². The molecule has 1 aromatic rings. The summed E-state index contributed by atoms with van der Waals surface area (Å²) in [5, 5.41) is 9.30. The minimum atomic E-state index is -0.702. The molecule has 0 spiro atoms. The average molecular weight is 251 g/mol. The van der Waals surface area contributed by atoms with Gasteiger partial charge in [-0.2, -0.15) is 0 Å². The SMILES string of the molecule is CC(C)(C(=O)O)C1CCCN(Cc2ccco2)C1. The lowest BCUT2D eigenvalue weighted by molar-refractivity contribution is -0.151. The van der Waals surface area contributed by atoms with E-state index in [1.54, 1.807) is 6.26 Å². The highest BCUT2D eigenvalue weighted by Crippen LogP contribution is 2.34. The van der Waals surface area contributed by atoms with Gasteiger partial charge in [0.25, 0.3) is 0 Å². The third-order valence-corrected chi connectivity index (χ3v) is 4.04. The van der Waals surface area contributed by atoms with E-state index in [0.29, 0.717) is 0 Å². The van der Waals surface area contributed by atoms with Gasteiger partial charge in [-0.25, -0.2) is 0 Å². The standard InChI is InChI=1S/C14H21NO3/c1-14(2,13(16)17)11-5-3-7-15(9-11)10-12-6-4-8-18-12/h4,6,8,11H,3,5,7,9-10H2,1-2H3,(H,16,17). The Kier molecular flexibility index (Phi) is 3.76. The lowest BCUT2D eigenvalue weighted by Gasteiger charge is -2.38. The molecule has 4 heteroatoms. The summed E-state index contributed by atoms with van der Waals surface area (Å²) in [6.45, 7) is 6.29. The topological polar surface area (TPSA) is 53.7 Å². The number of carboxylic acid groups (broad SMARTS) is 1. The number of aliphatic carboxylic acids is 1. The molecule has 1 unspecified atom stereocenters. The summed E-state index contributed by atoms with van der Waals surface area (Å²) < 4.78 is 5.35. The van der Waals surface area contributed by atoms with Gasteiger partial charge in [-0.3, -0.25) is 9.69 Å². The van der Waals surface area contributed by atoms with Gasteiger partial charge in [0.2, 0.25) is 0 Å². The van der Waals surface area contributed by atoms with Crippen LogP contribution >= 0.6 is 0 Å². The molecule has 1 aliphatic heterocycles. The van der Waals surface area contributed by atoms with E-state index >= 15 is 0 Å². The van der Waals surface area contributed by atoms with Gasteiger partial charge >= 0.3 is 5.97 Å². The van der Waals surface area contributed by atoms with E-state index in [9.17, 15) is 9.90 Å². The van der Waals surface area contributed by atoms with Crippen LogP contribution in [-0.2, 0) is 11.3 Å². The normalized spacial score (nSPS) is 22.0. The third-order valence-electron chi connectivity index (χ3n) is 4.04. The molecular weight excluding hydrogens is 230 g/mol. The molecule has 2 rings (SSSR count). The molecule has 1 aliphatic rings. The lowest BCUT2D eigenvalue weighted by Crippen LogP contribution is -2.44. The van der Waals surface area contributed by atoms with Gasteiger partial charge in [0.05, 0.1) is 18.2 Å². The first-order chi connectivity index (χ1) is 8.50. The summed E-state index contributed by atoms with van der Waals surface area (Å²) in [6, 6.07) is 3.85. The quantitative estimate of drug-likeness (QED) is 0.893. The molecule has 1 atom stereocenters.